The molecular formula is C12H15BrFNO2. The standard InChI is InChI=1S/C12H15BrFNO2/c1-7(15(2)3)11-8(6-16)9(13)5-10(17-4)12(11)14/h5-7H,1-4H3. The molecule has 0 aromatic heterocycles. The van der Waals surface area contributed by atoms with Crippen LogP contribution < -0.4 is 4.74 Å². The number of hydrogen-bond donors (Lipinski definition) is 0. The van der Waals surface area contributed by atoms with E-state index in [-0.39, 0.29) is 11.8 Å². The van der Waals surface area contributed by atoms with Crippen LogP contribution in [0.15, 0.2) is 10.5 Å². The minimum atomic E-state index is -0.487. The second kappa shape index (κ2) is 5.60. The molecule has 0 amide bonds. The van der Waals surface area contributed by atoms with Crippen LogP contribution in [0.25, 0.3) is 0 Å². The highest BCUT2D eigenvalue weighted by Crippen LogP contribution is 2.34. The second-order valence-electron chi connectivity index (χ2n) is 3.96. The molecule has 0 aliphatic rings. The van der Waals surface area contributed by atoms with Gasteiger partial charge in [-0.15, -0.1) is 0 Å². The first-order valence-electron chi connectivity index (χ1n) is 5.11. The molecule has 0 bridgehead atoms. The van der Waals surface area contributed by atoms with Gasteiger partial charge in [0.15, 0.2) is 17.9 Å². The molecule has 3 nitrogen and oxygen atoms in total. The summed E-state index contributed by atoms with van der Waals surface area (Å²) in [6.07, 6.45) is 0.655. The zero-order valence-corrected chi connectivity index (χ0v) is 11.8. The molecule has 1 aromatic rings. The van der Waals surface area contributed by atoms with Crippen LogP contribution in [-0.2, 0) is 0 Å². The van der Waals surface area contributed by atoms with Gasteiger partial charge in [-0.1, -0.05) is 0 Å². The first-order chi connectivity index (χ1) is 7.93. The van der Waals surface area contributed by atoms with Gasteiger partial charge in [0, 0.05) is 21.6 Å². The average molecular weight is 304 g/mol. The van der Waals surface area contributed by atoms with Crippen molar-refractivity contribution in [3.63, 3.8) is 0 Å². The van der Waals surface area contributed by atoms with Crippen molar-refractivity contribution >= 4 is 22.2 Å². The lowest BCUT2D eigenvalue weighted by molar-refractivity contribution is 0.111. The molecule has 1 aromatic carbocycles. The lowest BCUT2D eigenvalue weighted by Crippen LogP contribution is -2.20. The maximum atomic E-state index is 14.2. The van der Waals surface area contributed by atoms with Gasteiger partial charge in [0.2, 0.25) is 0 Å². The van der Waals surface area contributed by atoms with Gasteiger partial charge >= 0.3 is 0 Å². The number of hydrogen-bond acceptors (Lipinski definition) is 3. The first kappa shape index (κ1) is 14.1. The highest BCUT2D eigenvalue weighted by Gasteiger charge is 2.23. The largest absolute Gasteiger partial charge is 0.494 e. The number of nitrogens with zero attached hydrogens (tertiary/aromatic N) is 1. The van der Waals surface area contributed by atoms with E-state index in [2.05, 4.69) is 15.9 Å². The van der Waals surface area contributed by atoms with E-state index < -0.39 is 5.82 Å². The Morgan fingerprint density at radius 2 is 2.12 bits per heavy atom. The van der Waals surface area contributed by atoms with Crippen molar-refractivity contribution in [3.8, 4) is 5.75 Å². The molecule has 0 fully saturated rings. The van der Waals surface area contributed by atoms with Gasteiger partial charge in [0.25, 0.3) is 0 Å². The van der Waals surface area contributed by atoms with Crippen LogP contribution in [0.3, 0.4) is 0 Å². The Kier molecular flexibility index (Phi) is 4.65. The third kappa shape index (κ3) is 2.66. The quantitative estimate of drug-likeness (QED) is 0.801. The minimum absolute atomic E-state index is 0.131. The molecule has 17 heavy (non-hydrogen) atoms. The summed E-state index contributed by atoms with van der Waals surface area (Å²) >= 11 is 3.25. The maximum Gasteiger partial charge on any atom is 0.170 e. The maximum absolute atomic E-state index is 14.2. The number of carbonyl (C=O) groups excluding carboxylic acids is 1. The number of halogens is 2. The number of aldehydes is 1. The molecule has 0 saturated heterocycles. The Hall–Kier alpha value is -0.940. The van der Waals surface area contributed by atoms with Crippen molar-refractivity contribution in [2.45, 2.75) is 13.0 Å². The van der Waals surface area contributed by atoms with Crippen LogP contribution in [0, 0.1) is 5.82 Å². The molecular weight excluding hydrogens is 289 g/mol. The zero-order chi connectivity index (χ0) is 13.2. The van der Waals surface area contributed by atoms with Gasteiger partial charge in [0.05, 0.1) is 7.11 Å². The van der Waals surface area contributed by atoms with E-state index >= 15 is 0 Å². The Balaban J connectivity index is 3.53. The lowest BCUT2D eigenvalue weighted by atomic mass is 10.00. The summed E-state index contributed by atoms with van der Waals surface area (Å²) in [6, 6.07) is 1.24. The summed E-state index contributed by atoms with van der Waals surface area (Å²) in [5.41, 5.74) is 0.667. The van der Waals surface area contributed by atoms with Crippen LogP contribution in [0.2, 0.25) is 0 Å². The van der Waals surface area contributed by atoms with Gasteiger partial charge in [-0.25, -0.2) is 4.39 Å². The monoisotopic (exact) mass is 303 g/mol. The molecule has 1 rings (SSSR count). The summed E-state index contributed by atoms with van der Waals surface area (Å²) in [5.74, 6) is -0.356. The first-order valence-corrected chi connectivity index (χ1v) is 5.90. The van der Waals surface area contributed by atoms with E-state index in [1.165, 1.54) is 13.2 Å². The fourth-order valence-electron chi connectivity index (χ4n) is 1.57. The van der Waals surface area contributed by atoms with E-state index in [4.69, 9.17) is 4.74 Å². The molecule has 0 spiro atoms. The molecule has 5 heteroatoms. The van der Waals surface area contributed by atoms with Crippen LogP contribution in [0.4, 0.5) is 4.39 Å². The molecule has 0 radical (unpaired) electrons. The van der Waals surface area contributed by atoms with Gasteiger partial charge in [-0.2, -0.15) is 0 Å². The number of ether oxygens (including phenoxy) is 1. The van der Waals surface area contributed by atoms with Crippen molar-refractivity contribution in [2.75, 3.05) is 21.2 Å². The molecule has 0 N–H and O–H groups in total. The van der Waals surface area contributed by atoms with Crippen molar-refractivity contribution in [2.24, 2.45) is 0 Å². The molecule has 0 aliphatic heterocycles. The van der Waals surface area contributed by atoms with Gasteiger partial charge < -0.3 is 9.64 Å². The van der Waals surface area contributed by atoms with Crippen LogP contribution in [0.1, 0.15) is 28.9 Å². The summed E-state index contributed by atoms with van der Waals surface area (Å²) in [4.78, 5) is 12.9. The Morgan fingerprint density at radius 3 is 2.53 bits per heavy atom. The Labute approximate surface area is 109 Å². The van der Waals surface area contributed by atoms with Crippen molar-refractivity contribution in [1.82, 2.24) is 4.90 Å². The van der Waals surface area contributed by atoms with E-state index in [0.717, 1.165) is 0 Å². The van der Waals surface area contributed by atoms with Gasteiger partial charge in [0.1, 0.15) is 0 Å². The fourth-order valence-corrected chi connectivity index (χ4v) is 2.09. The highest BCUT2D eigenvalue weighted by molar-refractivity contribution is 9.10. The third-order valence-corrected chi connectivity index (χ3v) is 3.44. The molecule has 1 atom stereocenters. The molecule has 94 valence electrons. The van der Waals surface area contributed by atoms with E-state index in [9.17, 15) is 9.18 Å². The predicted molar refractivity (Wildman–Crippen MR) is 68.1 cm³/mol. The molecule has 0 aliphatic carbocycles. The Bertz CT molecular complexity index is 435. The SMILES string of the molecule is COc1cc(Br)c(C=O)c(C(C)N(C)C)c1F. The second-order valence-corrected chi connectivity index (χ2v) is 4.81. The number of carbonyl (C=O) groups is 1. The van der Waals surface area contributed by atoms with Gasteiger partial charge in [-0.3, -0.25) is 4.79 Å². The van der Waals surface area contributed by atoms with Crippen molar-refractivity contribution < 1.29 is 13.9 Å². The minimum Gasteiger partial charge on any atom is -0.494 e. The van der Waals surface area contributed by atoms with Crippen LogP contribution >= 0.6 is 15.9 Å². The highest BCUT2D eigenvalue weighted by atomic mass is 79.9. The van der Waals surface area contributed by atoms with Gasteiger partial charge in [-0.05, 0) is 43.0 Å². The average Bonchev–Trinajstić information content (AvgIpc) is 2.29. The normalized spacial score (nSPS) is 12.6. The Morgan fingerprint density at radius 1 is 1.53 bits per heavy atom. The van der Waals surface area contributed by atoms with Crippen LogP contribution in [-0.4, -0.2) is 32.4 Å². The lowest BCUT2D eigenvalue weighted by Gasteiger charge is -2.23. The summed E-state index contributed by atoms with van der Waals surface area (Å²) in [7, 11) is 5.05. The van der Waals surface area contributed by atoms with E-state index in [0.29, 0.717) is 21.9 Å². The van der Waals surface area contributed by atoms with Crippen LogP contribution in [0.5, 0.6) is 5.75 Å². The molecule has 0 saturated carbocycles. The predicted octanol–water partition coefficient (Wildman–Crippen LogP) is 3.03. The van der Waals surface area contributed by atoms with E-state index in [1.807, 2.05) is 25.9 Å². The number of benzene rings is 1. The van der Waals surface area contributed by atoms with E-state index in [1.54, 1.807) is 0 Å². The summed E-state index contributed by atoms with van der Waals surface area (Å²) in [6.45, 7) is 1.83. The molecule has 1 unspecified atom stereocenters. The third-order valence-electron chi connectivity index (χ3n) is 2.79. The van der Waals surface area contributed by atoms with Crippen molar-refractivity contribution in [1.29, 1.82) is 0 Å². The number of methoxy groups -OCH3 is 1. The smallest absolute Gasteiger partial charge is 0.170 e. The molecule has 0 heterocycles. The zero-order valence-electron chi connectivity index (χ0n) is 10.3. The summed E-state index contributed by atoms with van der Waals surface area (Å²) in [5, 5.41) is 0. The topological polar surface area (TPSA) is 29.5 Å². The summed E-state index contributed by atoms with van der Waals surface area (Å²) < 4.78 is 19.7. The van der Waals surface area contributed by atoms with Crippen molar-refractivity contribution in [3.05, 3.63) is 27.5 Å². The fraction of sp³-hybridized carbons (Fsp3) is 0.417. The number of rotatable bonds is 4.